The third kappa shape index (κ3) is 3.77. The van der Waals surface area contributed by atoms with Crippen LogP contribution < -0.4 is 5.32 Å². The van der Waals surface area contributed by atoms with Crippen molar-refractivity contribution < 1.29 is 4.79 Å². The predicted molar refractivity (Wildman–Crippen MR) is 93.0 cm³/mol. The second kappa shape index (κ2) is 7.20. The SMILES string of the molecule is CCn1c(SCC(=O)Nc2nncs2)nnc1-c1csc(C)c1. The molecular formula is C13H14N6OS3. The summed E-state index contributed by atoms with van der Waals surface area (Å²) in [5, 5.41) is 22.0. The first-order valence-electron chi connectivity index (χ1n) is 6.85. The van der Waals surface area contributed by atoms with Gasteiger partial charge in [0.25, 0.3) is 0 Å². The van der Waals surface area contributed by atoms with E-state index in [1.165, 1.54) is 28.0 Å². The van der Waals surface area contributed by atoms with Gasteiger partial charge in [-0.1, -0.05) is 23.1 Å². The molecule has 0 radical (unpaired) electrons. The molecule has 0 aromatic carbocycles. The van der Waals surface area contributed by atoms with Crippen LogP contribution in [-0.4, -0.2) is 36.6 Å². The number of nitrogens with one attached hydrogen (secondary N) is 1. The molecule has 3 rings (SSSR count). The van der Waals surface area contributed by atoms with Gasteiger partial charge in [0, 0.05) is 22.4 Å². The van der Waals surface area contributed by atoms with Crippen LogP contribution in [0.5, 0.6) is 0 Å². The lowest BCUT2D eigenvalue weighted by atomic mass is 10.3. The maximum atomic E-state index is 11.9. The molecule has 3 heterocycles. The van der Waals surface area contributed by atoms with Crippen LogP contribution in [0.3, 0.4) is 0 Å². The van der Waals surface area contributed by atoms with E-state index < -0.39 is 0 Å². The third-order valence-electron chi connectivity index (χ3n) is 2.96. The van der Waals surface area contributed by atoms with Gasteiger partial charge in [-0.15, -0.1) is 31.7 Å². The summed E-state index contributed by atoms with van der Waals surface area (Å²) in [4.78, 5) is 13.1. The molecule has 0 atom stereocenters. The zero-order valence-corrected chi connectivity index (χ0v) is 15.0. The molecule has 0 unspecified atom stereocenters. The van der Waals surface area contributed by atoms with Crippen LogP contribution in [0.15, 0.2) is 22.1 Å². The van der Waals surface area contributed by atoms with E-state index in [4.69, 9.17) is 0 Å². The zero-order chi connectivity index (χ0) is 16.2. The molecule has 0 aliphatic carbocycles. The van der Waals surface area contributed by atoms with Crippen LogP contribution in [0.25, 0.3) is 11.4 Å². The number of rotatable bonds is 6. The Morgan fingerprint density at radius 1 is 1.35 bits per heavy atom. The lowest BCUT2D eigenvalue weighted by molar-refractivity contribution is -0.113. The standard InChI is InChI=1S/C13H14N6OS3/c1-3-19-11(9-4-8(2)21-5-9)16-18-13(19)22-6-10(20)15-12-17-14-7-23-12/h4-5,7H,3,6H2,1-2H3,(H,15,17,20). The highest BCUT2D eigenvalue weighted by atomic mass is 32.2. The number of hydrogen-bond acceptors (Lipinski definition) is 8. The summed E-state index contributed by atoms with van der Waals surface area (Å²) in [7, 11) is 0. The van der Waals surface area contributed by atoms with Crippen LogP contribution >= 0.6 is 34.4 Å². The van der Waals surface area contributed by atoms with E-state index in [1.54, 1.807) is 16.8 Å². The van der Waals surface area contributed by atoms with Gasteiger partial charge in [-0.2, -0.15) is 0 Å². The Morgan fingerprint density at radius 3 is 2.87 bits per heavy atom. The molecule has 0 saturated carbocycles. The summed E-state index contributed by atoms with van der Waals surface area (Å²) in [6.45, 7) is 4.85. The van der Waals surface area contributed by atoms with Crippen molar-refractivity contribution in [3.8, 4) is 11.4 Å². The van der Waals surface area contributed by atoms with E-state index in [2.05, 4.69) is 44.1 Å². The highest BCUT2D eigenvalue weighted by molar-refractivity contribution is 7.99. The van der Waals surface area contributed by atoms with Gasteiger partial charge < -0.3 is 4.57 Å². The normalized spacial score (nSPS) is 10.9. The van der Waals surface area contributed by atoms with Gasteiger partial charge in [0.1, 0.15) is 5.51 Å². The van der Waals surface area contributed by atoms with E-state index >= 15 is 0 Å². The first-order chi connectivity index (χ1) is 11.2. The number of nitrogens with zero attached hydrogens (tertiary/aromatic N) is 5. The van der Waals surface area contributed by atoms with Gasteiger partial charge in [0.05, 0.1) is 5.75 Å². The number of aryl methyl sites for hydroxylation is 1. The Bertz CT molecular complexity index is 795. The summed E-state index contributed by atoms with van der Waals surface area (Å²) < 4.78 is 2.02. The van der Waals surface area contributed by atoms with Gasteiger partial charge in [-0.05, 0) is 19.9 Å². The smallest absolute Gasteiger partial charge is 0.236 e. The largest absolute Gasteiger partial charge is 0.302 e. The van der Waals surface area contributed by atoms with Gasteiger partial charge >= 0.3 is 0 Å². The maximum Gasteiger partial charge on any atom is 0.236 e. The second-order valence-corrected chi connectivity index (χ2v) is 7.47. The number of anilines is 1. The molecule has 1 N–H and O–H groups in total. The Labute approximate surface area is 145 Å². The van der Waals surface area contributed by atoms with Gasteiger partial charge in [0.15, 0.2) is 11.0 Å². The van der Waals surface area contributed by atoms with E-state index in [-0.39, 0.29) is 11.7 Å². The van der Waals surface area contributed by atoms with Crippen molar-refractivity contribution in [2.75, 3.05) is 11.1 Å². The van der Waals surface area contributed by atoms with Crippen molar-refractivity contribution in [2.24, 2.45) is 0 Å². The second-order valence-electron chi connectivity index (χ2n) is 4.58. The maximum absolute atomic E-state index is 11.9. The number of hydrogen-bond donors (Lipinski definition) is 1. The fourth-order valence-corrected chi connectivity index (χ4v) is 3.91. The summed E-state index contributed by atoms with van der Waals surface area (Å²) in [5.41, 5.74) is 2.64. The number of thiophene rings is 1. The molecule has 0 spiro atoms. The minimum absolute atomic E-state index is 0.134. The molecule has 0 bridgehead atoms. The van der Waals surface area contributed by atoms with E-state index in [9.17, 15) is 4.79 Å². The van der Waals surface area contributed by atoms with Crippen molar-refractivity contribution in [3.63, 3.8) is 0 Å². The predicted octanol–water partition coefficient (Wildman–Crippen LogP) is 2.92. The average Bonchev–Trinajstić information content (AvgIpc) is 3.25. The lowest BCUT2D eigenvalue weighted by Crippen LogP contribution is -2.14. The topological polar surface area (TPSA) is 85.6 Å². The number of carbonyl (C=O) groups is 1. The molecule has 120 valence electrons. The fourth-order valence-electron chi connectivity index (χ4n) is 1.97. The minimum atomic E-state index is -0.134. The van der Waals surface area contributed by atoms with E-state index in [0.29, 0.717) is 5.13 Å². The Balaban J connectivity index is 1.68. The molecule has 0 aliphatic rings. The average molecular weight is 366 g/mol. The lowest BCUT2D eigenvalue weighted by Gasteiger charge is -2.06. The molecular weight excluding hydrogens is 352 g/mol. The summed E-state index contributed by atoms with van der Waals surface area (Å²) in [6.07, 6.45) is 0. The number of aromatic nitrogens is 5. The quantitative estimate of drug-likeness (QED) is 0.675. The third-order valence-corrected chi connectivity index (χ3v) is 5.40. The highest BCUT2D eigenvalue weighted by Crippen LogP contribution is 2.27. The highest BCUT2D eigenvalue weighted by Gasteiger charge is 2.15. The Kier molecular flexibility index (Phi) is 5.03. The number of amides is 1. The van der Waals surface area contributed by atoms with Crippen LogP contribution in [-0.2, 0) is 11.3 Å². The molecule has 0 aliphatic heterocycles. The van der Waals surface area contributed by atoms with Crippen molar-refractivity contribution in [1.29, 1.82) is 0 Å². The number of carbonyl (C=O) groups excluding carboxylic acids is 1. The molecule has 10 heteroatoms. The summed E-state index contributed by atoms with van der Waals surface area (Å²) in [5.74, 6) is 0.953. The molecule has 0 fully saturated rings. The van der Waals surface area contributed by atoms with Crippen LogP contribution in [0.4, 0.5) is 5.13 Å². The summed E-state index contributed by atoms with van der Waals surface area (Å²) >= 11 is 4.33. The van der Waals surface area contributed by atoms with Crippen LogP contribution in [0, 0.1) is 6.92 Å². The first kappa shape index (κ1) is 16.1. The molecule has 23 heavy (non-hydrogen) atoms. The Hall–Kier alpha value is -1.78. The van der Waals surface area contributed by atoms with E-state index in [0.717, 1.165) is 23.1 Å². The zero-order valence-electron chi connectivity index (χ0n) is 12.5. The van der Waals surface area contributed by atoms with Crippen molar-refractivity contribution in [1.82, 2.24) is 25.0 Å². The fraction of sp³-hybridized carbons (Fsp3) is 0.308. The molecule has 7 nitrogen and oxygen atoms in total. The summed E-state index contributed by atoms with van der Waals surface area (Å²) in [6, 6.07) is 2.09. The van der Waals surface area contributed by atoms with Crippen molar-refractivity contribution >= 4 is 45.5 Å². The van der Waals surface area contributed by atoms with Crippen LogP contribution in [0.1, 0.15) is 11.8 Å². The van der Waals surface area contributed by atoms with E-state index in [1.807, 2.05) is 11.5 Å². The van der Waals surface area contributed by atoms with Crippen LogP contribution in [0.2, 0.25) is 0 Å². The Morgan fingerprint density at radius 2 is 2.22 bits per heavy atom. The number of thioether (sulfide) groups is 1. The van der Waals surface area contributed by atoms with Gasteiger partial charge in [-0.3, -0.25) is 10.1 Å². The van der Waals surface area contributed by atoms with Gasteiger partial charge in [0.2, 0.25) is 11.0 Å². The first-order valence-corrected chi connectivity index (χ1v) is 9.59. The molecule has 3 aromatic heterocycles. The minimum Gasteiger partial charge on any atom is -0.302 e. The van der Waals surface area contributed by atoms with Crippen molar-refractivity contribution in [3.05, 3.63) is 21.8 Å². The van der Waals surface area contributed by atoms with Crippen molar-refractivity contribution in [2.45, 2.75) is 25.5 Å². The molecule has 0 saturated heterocycles. The monoisotopic (exact) mass is 366 g/mol. The molecule has 3 aromatic rings. The van der Waals surface area contributed by atoms with Gasteiger partial charge in [-0.25, -0.2) is 0 Å². The molecule has 1 amide bonds.